The molecule has 9 nitrogen and oxygen atoms in total. The fraction of sp³-hybridized carbons (Fsp3) is 0.524. The molecule has 0 spiro atoms. The molecule has 0 unspecified atom stereocenters. The van der Waals surface area contributed by atoms with Crippen molar-refractivity contribution in [2.45, 2.75) is 37.3 Å². The van der Waals surface area contributed by atoms with Crippen LogP contribution >= 0.6 is 11.6 Å². The molecule has 3 aliphatic heterocycles. The van der Waals surface area contributed by atoms with Crippen LogP contribution in [0.15, 0.2) is 18.3 Å². The van der Waals surface area contributed by atoms with Gasteiger partial charge in [-0.05, 0) is 31.7 Å². The number of halogens is 1. The largest absolute Gasteiger partial charge is 0.481 e. The van der Waals surface area contributed by atoms with Crippen molar-refractivity contribution in [1.29, 1.82) is 0 Å². The third-order valence-corrected chi connectivity index (χ3v) is 6.80. The van der Waals surface area contributed by atoms with Crippen LogP contribution in [0.1, 0.15) is 36.2 Å². The van der Waals surface area contributed by atoms with Gasteiger partial charge in [-0.1, -0.05) is 11.6 Å². The number of hydrogen-bond donors (Lipinski definition) is 2. The van der Waals surface area contributed by atoms with E-state index in [4.69, 9.17) is 21.1 Å². The molecule has 6 rings (SSSR count). The third-order valence-electron chi connectivity index (χ3n) is 6.50. The van der Waals surface area contributed by atoms with Gasteiger partial charge in [0.25, 0.3) is 5.91 Å². The molecule has 164 valence electrons. The van der Waals surface area contributed by atoms with Gasteiger partial charge in [-0.2, -0.15) is 5.10 Å². The van der Waals surface area contributed by atoms with Gasteiger partial charge in [0.1, 0.15) is 0 Å². The molecule has 0 radical (unpaired) electrons. The van der Waals surface area contributed by atoms with Crippen LogP contribution in [0.5, 0.6) is 5.88 Å². The number of amides is 2. The summed E-state index contributed by atoms with van der Waals surface area (Å²) in [4.78, 5) is 31.4. The number of aromatic amines is 1. The lowest BCUT2D eigenvalue weighted by Gasteiger charge is -2.38. The highest BCUT2D eigenvalue weighted by molar-refractivity contribution is 6.33. The fourth-order valence-corrected chi connectivity index (χ4v) is 4.85. The van der Waals surface area contributed by atoms with Crippen molar-refractivity contribution < 1.29 is 19.1 Å². The molecule has 2 N–H and O–H groups in total. The second-order valence-corrected chi connectivity index (χ2v) is 8.96. The monoisotopic (exact) mass is 445 g/mol. The van der Waals surface area contributed by atoms with Gasteiger partial charge < -0.3 is 19.7 Å². The molecule has 1 saturated carbocycles. The minimum atomic E-state index is -0.164. The Kier molecular flexibility index (Phi) is 5.10. The van der Waals surface area contributed by atoms with Crippen molar-refractivity contribution in [2.24, 2.45) is 5.92 Å². The topological polar surface area (TPSA) is 109 Å². The number of nitrogens with zero attached hydrogens (tertiary/aromatic N) is 3. The predicted molar refractivity (Wildman–Crippen MR) is 112 cm³/mol. The lowest BCUT2D eigenvalue weighted by Crippen LogP contribution is -2.57. The molecule has 4 fully saturated rings. The number of carbonyl (C=O) groups excluding carboxylic acids is 2. The summed E-state index contributed by atoms with van der Waals surface area (Å²) >= 11 is 6.24. The number of likely N-dealkylation sites (tertiary alicyclic amines) is 1. The van der Waals surface area contributed by atoms with E-state index in [1.807, 2.05) is 0 Å². The second kappa shape index (κ2) is 7.80. The Morgan fingerprint density at radius 2 is 2.10 bits per heavy atom. The summed E-state index contributed by atoms with van der Waals surface area (Å²) in [6.07, 6.45) is 4.94. The van der Waals surface area contributed by atoms with Gasteiger partial charge in [0, 0.05) is 30.6 Å². The fourth-order valence-electron chi connectivity index (χ4n) is 4.64. The van der Waals surface area contributed by atoms with Gasteiger partial charge in [-0.15, -0.1) is 0 Å². The average Bonchev–Trinajstić information content (AvgIpc) is 3.50. The van der Waals surface area contributed by atoms with Crippen LogP contribution in [0.3, 0.4) is 0 Å². The summed E-state index contributed by atoms with van der Waals surface area (Å²) in [6, 6.07) is 3.36. The van der Waals surface area contributed by atoms with Gasteiger partial charge in [0.15, 0.2) is 5.69 Å². The Labute approximate surface area is 184 Å². The summed E-state index contributed by atoms with van der Waals surface area (Å²) < 4.78 is 10.7. The normalized spacial score (nSPS) is 25.2. The first-order valence-corrected chi connectivity index (χ1v) is 10.8. The van der Waals surface area contributed by atoms with Crippen molar-refractivity contribution >= 4 is 23.4 Å². The molecule has 0 aromatic carbocycles. The van der Waals surface area contributed by atoms with Crippen LogP contribution in [0.25, 0.3) is 11.3 Å². The first-order valence-electron chi connectivity index (χ1n) is 10.4. The van der Waals surface area contributed by atoms with Crippen LogP contribution < -0.4 is 10.1 Å². The third kappa shape index (κ3) is 3.76. The SMILES string of the molecule is COc1cc(-c2cc(C(=O)N3CCC(C(=O)NC45COC(C4)C5)CC3)n[nH]2)c(Cl)cn1. The number of nitrogens with one attached hydrogen (secondary N) is 2. The van der Waals surface area contributed by atoms with Crippen LogP contribution in [-0.2, 0) is 9.53 Å². The summed E-state index contributed by atoms with van der Waals surface area (Å²) in [5, 5.41) is 10.7. The molecular formula is C21H24ClN5O4. The molecule has 2 aromatic rings. The number of carbonyl (C=O) groups is 2. The highest BCUT2D eigenvalue weighted by Gasteiger charge is 2.53. The van der Waals surface area contributed by atoms with Gasteiger partial charge >= 0.3 is 0 Å². The van der Waals surface area contributed by atoms with Gasteiger partial charge in [-0.3, -0.25) is 14.7 Å². The molecule has 4 aliphatic rings. The van der Waals surface area contributed by atoms with Crippen LogP contribution in [-0.4, -0.2) is 70.3 Å². The Balaban J connectivity index is 1.20. The number of methoxy groups -OCH3 is 1. The molecule has 5 heterocycles. The van der Waals surface area contributed by atoms with Crippen LogP contribution in [0, 0.1) is 5.92 Å². The van der Waals surface area contributed by atoms with Crippen molar-refractivity contribution in [3.8, 4) is 17.1 Å². The number of pyridine rings is 1. The first-order chi connectivity index (χ1) is 15.0. The molecule has 2 amide bonds. The van der Waals surface area contributed by atoms with E-state index in [9.17, 15) is 9.59 Å². The predicted octanol–water partition coefficient (Wildman–Crippen LogP) is 2.03. The zero-order chi connectivity index (χ0) is 21.6. The lowest BCUT2D eigenvalue weighted by molar-refractivity contribution is -0.128. The van der Waals surface area contributed by atoms with Crippen molar-refractivity contribution in [3.63, 3.8) is 0 Å². The zero-order valence-electron chi connectivity index (χ0n) is 17.2. The van der Waals surface area contributed by atoms with E-state index in [1.54, 1.807) is 17.0 Å². The summed E-state index contributed by atoms with van der Waals surface area (Å²) in [5.74, 6) is 0.266. The Morgan fingerprint density at radius 3 is 2.77 bits per heavy atom. The highest BCUT2D eigenvalue weighted by atomic mass is 35.5. The van der Waals surface area contributed by atoms with E-state index in [0.29, 0.717) is 66.5 Å². The zero-order valence-corrected chi connectivity index (χ0v) is 17.9. The van der Waals surface area contributed by atoms with E-state index in [0.717, 1.165) is 12.8 Å². The van der Waals surface area contributed by atoms with Crippen molar-refractivity contribution in [2.75, 3.05) is 26.8 Å². The molecule has 10 heteroatoms. The van der Waals surface area contributed by atoms with Gasteiger partial charge in [-0.25, -0.2) is 4.98 Å². The van der Waals surface area contributed by atoms with Crippen molar-refractivity contribution in [3.05, 3.63) is 29.0 Å². The number of aromatic nitrogens is 3. The number of H-pyrrole nitrogens is 1. The van der Waals surface area contributed by atoms with Crippen molar-refractivity contribution in [1.82, 2.24) is 25.4 Å². The molecule has 2 bridgehead atoms. The summed E-state index contributed by atoms with van der Waals surface area (Å²) in [5.41, 5.74) is 1.44. The van der Waals surface area contributed by atoms with E-state index < -0.39 is 0 Å². The standard InChI is InChI=1S/C21H24ClN5O4/c1-30-18-6-14(15(22)10-23-18)16-7-17(26-25-16)20(29)27-4-2-12(3-5-27)19(28)24-21-8-13(9-21)31-11-21/h6-7,10,12-13H,2-5,8-9,11H2,1H3,(H,24,28)(H,25,26). The molecule has 1 aliphatic carbocycles. The summed E-state index contributed by atoms with van der Waals surface area (Å²) in [6.45, 7) is 1.67. The van der Waals surface area contributed by atoms with E-state index in [-0.39, 0.29) is 23.3 Å². The molecule has 31 heavy (non-hydrogen) atoms. The van der Waals surface area contributed by atoms with E-state index in [1.165, 1.54) is 13.3 Å². The number of ether oxygens (including phenoxy) is 2. The smallest absolute Gasteiger partial charge is 0.274 e. The van der Waals surface area contributed by atoms with Gasteiger partial charge in [0.05, 0.1) is 42.3 Å². The van der Waals surface area contributed by atoms with Crippen LogP contribution in [0.4, 0.5) is 0 Å². The Morgan fingerprint density at radius 1 is 1.32 bits per heavy atom. The highest BCUT2D eigenvalue weighted by Crippen LogP contribution is 2.42. The Hall–Kier alpha value is -2.65. The average molecular weight is 446 g/mol. The van der Waals surface area contributed by atoms with Gasteiger partial charge in [0.2, 0.25) is 11.8 Å². The molecule has 0 atom stereocenters. The summed E-state index contributed by atoms with van der Waals surface area (Å²) in [7, 11) is 1.52. The van der Waals surface area contributed by atoms with E-state index in [2.05, 4.69) is 20.5 Å². The lowest BCUT2D eigenvalue weighted by atomic mass is 9.77. The minimum absolute atomic E-state index is 0.0732. The molecular weight excluding hydrogens is 422 g/mol. The molecule has 2 aromatic heterocycles. The second-order valence-electron chi connectivity index (χ2n) is 8.55. The number of piperidine rings is 1. The first kappa shape index (κ1) is 20.3. The quantitative estimate of drug-likeness (QED) is 0.728. The number of hydrogen-bond acceptors (Lipinski definition) is 6. The maximum atomic E-state index is 12.9. The number of rotatable bonds is 5. The van der Waals surface area contributed by atoms with E-state index >= 15 is 0 Å². The van der Waals surface area contributed by atoms with Crippen LogP contribution in [0.2, 0.25) is 5.02 Å². The maximum absolute atomic E-state index is 12.9. The molecule has 3 saturated heterocycles. The Bertz CT molecular complexity index is 1010. The maximum Gasteiger partial charge on any atom is 0.274 e. The minimum Gasteiger partial charge on any atom is -0.481 e. The number of fused-ring (bicyclic) bond motifs is 1.